The summed E-state index contributed by atoms with van der Waals surface area (Å²) in [5.74, 6) is 1.78. The number of hydrogen-bond acceptors (Lipinski definition) is 4. The van der Waals surface area contributed by atoms with E-state index in [1.165, 1.54) is 25.9 Å². The number of hydrogen-bond donors (Lipinski definition) is 3. The van der Waals surface area contributed by atoms with Crippen LogP contribution in [0, 0.1) is 5.92 Å². The number of halogens is 1. The average molecular weight is 489 g/mol. The molecule has 0 amide bonds. The topological polar surface area (TPSA) is 85.8 Å². The number of likely N-dealkylation sites (tertiary alicyclic amines) is 1. The second-order valence-electron chi connectivity index (χ2n) is 6.45. The van der Waals surface area contributed by atoms with Crippen LogP contribution in [0.1, 0.15) is 39.5 Å². The van der Waals surface area contributed by atoms with Crippen molar-refractivity contribution >= 4 is 40.0 Å². The lowest BCUT2D eigenvalue weighted by molar-refractivity contribution is 0.191. The predicted molar refractivity (Wildman–Crippen MR) is 116 cm³/mol. The molecule has 1 aliphatic heterocycles. The first-order valence-electron chi connectivity index (χ1n) is 9.11. The van der Waals surface area contributed by atoms with Crippen molar-refractivity contribution < 1.29 is 8.42 Å². The van der Waals surface area contributed by atoms with Crippen LogP contribution in [-0.4, -0.2) is 71.3 Å². The molecule has 0 saturated carbocycles. The Bertz CT molecular complexity index is 465. The summed E-state index contributed by atoms with van der Waals surface area (Å²) >= 11 is 0. The molecule has 1 saturated heterocycles. The smallest absolute Gasteiger partial charge is 0.211 e. The van der Waals surface area contributed by atoms with Crippen LogP contribution < -0.4 is 15.4 Å². The predicted octanol–water partition coefficient (Wildman–Crippen LogP) is 1.22. The van der Waals surface area contributed by atoms with Crippen molar-refractivity contribution in [1.82, 2.24) is 20.3 Å². The van der Waals surface area contributed by atoms with Crippen molar-refractivity contribution in [2.45, 2.75) is 39.5 Å². The summed E-state index contributed by atoms with van der Waals surface area (Å²) in [6, 6.07) is 0. The molecule has 1 fully saturated rings. The van der Waals surface area contributed by atoms with Crippen molar-refractivity contribution in [3.63, 3.8) is 0 Å². The zero-order chi connectivity index (χ0) is 17.8. The van der Waals surface area contributed by atoms with Gasteiger partial charge in [-0.15, -0.1) is 24.0 Å². The second-order valence-corrected chi connectivity index (χ2v) is 8.55. The minimum absolute atomic E-state index is 0. The second kappa shape index (κ2) is 14.0. The first kappa shape index (κ1) is 24.9. The molecule has 0 bridgehead atoms. The van der Waals surface area contributed by atoms with Gasteiger partial charge in [-0.05, 0) is 58.2 Å². The van der Waals surface area contributed by atoms with Crippen molar-refractivity contribution in [2.75, 3.05) is 52.1 Å². The van der Waals surface area contributed by atoms with E-state index in [1.54, 1.807) is 14.0 Å². The Hall–Kier alpha value is -0.130. The van der Waals surface area contributed by atoms with Crippen LogP contribution in [0.4, 0.5) is 0 Å². The maximum absolute atomic E-state index is 11.3. The first-order chi connectivity index (χ1) is 11.5. The normalized spacial score (nSPS) is 17.2. The van der Waals surface area contributed by atoms with Crippen LogP contribution in [-0.2, 0) is 10.0 Å². The largest absolute Gasteiger partial charge is 0.356 e. The van der Waals surface area contributed by atoms with Crippen molar-refractivity contribution in [1.29, 1.82) is 0 Å². The van der Waals surface area contributed by atoms with Gasteiger partial charge in [0.2, 0.25) is 10.0 Å². The number of guanidine groups is 1. The third-order valence-electron chi connectivity index (χ3n) is 4.39. The molecule has 0 aromatic heterocycles. The third-order valence-corrected chi connectivity index (χ3v) is 5.80. The lowest BCUT2D eigenvalue weighted by Gasteiger charge is -2.30. The molecule has 0 aromatic carbocycles. The molecule has 1 heterocycles. The number of aliphatic imine (C=N–C) groups is 1. The van der Waals surface area contributed by atoms with Gasteiger partial charge in [-0.2, -0.15) is 0 Å². The van der Waals surface area contributed by atoms with Crippen LogP contribution in [0.25, 0.3) is 0 Å². The zero-order valence-electron chi connectivity index (χ0n) is 15.9. The molecule has 0 radical (unpaired) electrons. The Morgan fingerprint density at radius 1 is 1.12 bits per heavy atom. The van der Waals surface area contributed by atoms with Gasteiger partial charge in [0.15, 0.2) is 5.96 Å². The van der Waals surface area contributed by atoms with Crippen LogP contribution in [0.2, 0.25) is 0 Å². The van der Waals surface area contributed by atoms with Crippen LogP contribution >= 0.6 is 24.0 Å². The maximum Gasteiger partial charge on any atom is 0.211 e. The van der Waals surface area contributed by atoms with E-state index in [0.717, 1.165) is 37.8 Å². The van der Waals surface area contributed by atoms with Gasteiger partial charge in [-0.3, -0.25) is 4.99 Å². The Balaban J connectivity index is 0.00000576. The van der Waals surface area contributed by atoms with Crippen LogP contribution in [0.3, 0.4) is 0 Å². The molecule has 0 spiro atoms. The molecule has 0 unspecified atom stereocenters. The van der Waals surface area contributed by atoms with Crippen molar-refractivity contribution in [2.24, 2.45) is 10.9 Å². The van der Waals surface area contributed by atoms with E-state index in [9.17, 15) is 8.42 Å². The summed E-state index contributed by atoms with van der Waals surface area (Å²) in [6.07, 6.45) is 4.47. The van der Waals surface area contributed by atoms with E-state index in [-0.39, 0.29) is 29.7 Å². The minimum atomic E-state index is -3.09. The first-order valence-corrected chi connectivity index (χ1v) is 10.8. The molecule has 0 aliphatic carbocycles. The van der Waals surface area contributed by atoms with E-state index in [2.05, 4.69) is 32.2 Å². The number of nitrogens with one attached hydrogen (secondary N) is 3. The van der Waals surface area contributed by atoms with E-state index in [0.29, 0.717) is 13.1 Å². The highest BCUT2D eigenvalue weighted by Gasteiger charge is 2.14. The van der Waals surface area contributed by atoms with Gasteiger partial charge in [0.05, 0.1) is 5.75 Å². The summed E-state index contributed by atoms with van der Waals surface area (Å²) in [7, 11) is -1.33. The minimum Gasteiger partial charge on any atom is -0.356 e. The lowest BCUT2D eigenvalue weighted by atomic mass is 9.99. The molecule has 150 valence electrons. The van der Waals surface area contributed by atoms with Gasteiger partial charge >= 0.3 is 0 Å². The monoisotopic (exact) mass is 489 g/mol. The Labute approximate surface area is 170 Å². The fourth-order valence-electron chi connectivity index (χ4n) is 2.64. The molecule has 0 atom stereocenters. The Morgan fingerprint density at radius 3 is 2.28 bits per heavy atom. The molecule has 25 heavy (non-hydrogen) atoms. The standard InChI is InChI=1S/C16H35N5O2S.HI/c1-4-24(22,23)20-11-5-9-18-16(17-3)19-10-6-12-21-13-7-15(2)8-14-21;/h15,20H,4-14H2,1-3H3,(H2,17,18,19);1H. The SMILES string of the molecule is CCS(=O)(=O)NCCCNC(=NC)NCCCN1CCC(C)CC1.I. The summed E-state index contributed by atoms with van der Waals surface area (Å²) in [6.45, 7) is 9.59. The van der Waals surface area contributed by atoms with Crippen molar-refractivity contribution in [3.8, 4) is 0 Å². The van der Waals surface area contributed by atoms with Crippen LogP contribution in [0.15, 0.2) is 4.99 Å². The maximum atomic E-state index is 11.3. The van der Waals surface area contributed by atoms with E-state index >= 15 is 0 Å². The quantitative estimate of drug-likeness (QED) is 0.186. The fourth-order valence-corrected chi connectivity index (χ4v) is 3.30. The summed E-state index contributed by atoms with van der Waals surface area (Å²) in [5, 5.41) is 6.52. The molecular formula is C16H36IN5O2S. The average Bonchev–Trinajstić information content (AvgIpc) is 2.58. The van der Waals surface area contributed by atoms with Crippen LogP contribution in [0.5, 0.6) is 0 Å². The number of piperidine rings is 1. The third kappa shape index (κ3) is 12.0. The molecule has 1 aliphatic rings. The molecule has 3 N–H and O–H groups in total. The summed E-state index contributed by atoms with van der Waals surface area (Å²) < 4.78 is 25.2. The summed E-state index contributed by atoms with van der Waals surface area (Å²) in [4.78, 5) is 6.73. The van der Waals surface area contributed by atoms with E-state index < -0.39 is 10.0 Å². The van der Waals surface area contributed by atoms with Gasteiger partial charge in [-0.25, -0.2) is 13.1 Å². The molecule has 0 aromatic rings. The molecular weight excluding hydrogens is 453 g/mol. The molecule has 1 rings (SSSR count). The highest BCUT2D eigenvalue weighted by Crippen LogP contribution is 2.15. The van der Waals surface area contributed by atoms with Gasteiger partial charge in [0.25, 0.3) is 0 Å². The van der Waals surface area contributed by atoms with E-state index in [4.69, 9.17) is 0 Å². The van der Waals surface area contributed by atoms with Gasteiger partial charge in [-0.1, -0.05) is 6.92 Å². The highest BCUT2D eigenvalue weighted by molar-refractivity contribution is 14.0. The fraction of sp³-hybridized carbons (Fsp3) is 0.938. The van der Waals surface area contributed by atoms with Gasteiger partial charge < -0.3 is 15.5 Å². The number of rotatable bonds is 10. The molecule has 7 nitrogen and oxygen atoms in total. The number of sulfonamides is 1. The Morgan fingerprint density at radius 2 is 1.72 bits per heavy atom. The number of nitrogens with zero attached hydrogens (tertiary/aromatic N) is 2. The van der Waals surface area contributed by atoms with Crippen molar-refractivity contribution in [3.05, 3.63) is 0 Å². The zero-order valence-corrected chi connectivity index (χ0v) is 19.0. The van der Waals surface area contributed by atoms with E-state index in [1.807, 2.05) is 0 Å². The molecule has 9 heteroatoms. The van der Waals surface area contributed by atoms with Gasteiger partial charge in [0, 0.05) is 26.7 Å². The highest BCUT2D eigenvalue weighted by atomic mass is 127. The summed E-state index contributed by atoms with van der Waals surface area (Å²) in [5.41, 5.74) is 0. The lowest BCUT2D eigenvalue weighted by Crippen LogP contribution is -2.40. The Kier molecular flexibility index (Phi) is 13.9. The van der Waals surface area contributed by atoms with Gasteiger partial charge in [0.1, 0.15) is 0 Å².